The standard InChI is InChI=1S/C26H21N3O/c30-26(29-14-6-1-7-15-29)17-12-13-22-23(16-17)28-25-21-11-5-3-9-19(21)18-8-2-4-10-20(18)24(25)27-22/h2-5,8-13,16H,1,6-7,14-15H2. The van der Waals surface area contributed by atoms with E-state index in [9.17, 15) is 4.79 Å². The quantitative estimate of drug-likeness (QED) is 0.271. The minimum absolute atomic E-state index is 0.0990. The molecule has 0 saturated carbocycles. The molecular formula is C26H21N3O. The molecule has 0 bridgehead atoms. The number of piperidine rings is 1. The summed E-state index contributed by atoms with van der Waals surface area (Å²) < 4.78 is 0. The van der Waals surface area contributed by atoms with E-state index in [2.05, 4.69) is 36.4 Å². The van der Waals surface area contributed by atoms with Gasteiger partial charge >= 0.3 is 0 Å². The summed E-state index contributed by atoms with van der Waals surface area (Å²) in [6, 6.07) is 22.4. The Morgan fingerprint density at radius 2 is 1.23 bits per heavy atom. The Kier molecular flexibility index (Phi) is 3.91. The lowest BCUT2D eigenvalue weighted by Gasteiger charge is -2.26. The summed E-state index contributed by atoms with van der Waals surface area (Å²) in [5, 5.41) is 4.56. The van der Waals surface area contributed by atoms with Gasteiger partial charge in [0.1, 0.15) is 0 Å². The van der Waals surface area contributed by atoms with Crippen molar-refractivity contribution in [2.24, 2.45) is 0 Å². The maximum atomic E-state index is 13.0. The molecule has 1 amide bonds. The van der Waals surface area contributed by atoms with E-state index >= 15 is 0 Å². The van der Waals surface area contributed by atoms with Gasteiger partial charge in [-0.25, -0.2) is 9.97 Å². The van der Waals surface area contributed by atoms with Gasteiger partial charge in [-0.3, -0.25) is 4.79 Å². The second kappa shape index (κ2) is 6.77. The van der Waals surface area contributed by atoms with E-state index in [0.717, 1.165) is 58.8 Å². The van der Waals surface area contributed by atoms with E-state index in [-0.39, 0.29) is 5.91 Å². The number of rotatable bonds is 1. The highest BCUT2D eigenvalue weighted by atomic mass is 16.2. The molecule has 5 aromatic rings. The number of fused-ring (bicyclic) bond motifs is 7. The molecule has 2 heterocycles. The van der Waals surface area contributed by atoms with Crippen LogP contribution in [0.15, 0.2) is 66.7 Å². The lowest BCUT2D eigenvalue weighted by atomic mass is 9.99. The van der Waals surface area contributed by atoms with Crippen molar-refractivity contribution in [3.8, 4) is 0 Å². The van der Waals surface area contributed by atoms with Crippen LogP contribution in [0.1, 0.15) is 29.6 Å². The van der Waals surface area contributed by atoms with Crippen molar-refractivity contribution in [1.82, 2.24) is 14.9 Å². The van der Waals surface area contributed by atoms with Crippen molar-refractivity contribution < 1.29 is 4.79 Å². The smallest absolute Gasteiger partial charge is 0.253 e. The highest BCUT2D eigenvalue weighted by Crippen LogP contribution is 2.34. The molecule has 4 nitrogen and oxygen atoms in total. The van der Waals surface area contributed by atoms with Crippen LogP contribution in [0, 0.1) is 0 Å². The lowest BCUT2D eigenvalue weighted by Crippen LogP contribution is -2.35. The van der Waals surface area contributed by atoms with Crippen molar-refractivity contribution in [2.75, 3.05) is 13.1 Å². The second-order valence-electron chi connectivity index (χ2n) is 8.07. The third kappa shape index (κ3) is 2.64. The summed E-state index contributed by atoms with van der Waals surface area (Å²) in [6.45, 7) is 1.69. The van der Waals surface area contributed by atoms with Crippen LogP contribution in [-0.4, -0.2) is 33.9 Å². The number of amides is 1. The molecule has 146 valence electrons. The molecule has 1 fully saturated rings. The van der Waals surface area contributed by atoms with Gasteiger partial charge in [-0.2, -0.15) is 0 Å². The summed E-state index contributed by atoms with van der Waals surface area (Å²) in [5.74, 6) is 0.0990. The van der Waals surface area contributed by atoms with Crippen LogP contribution >= 0.6 is 0 Å². The fourth-order valence-electron chi connectivity index (χ4n) is 4.69. The summed E-state index contributed by atoms with van der Waals surface area (Å²) >= 11 is 0. The van der Waals surface area contributed by atoms with Crippen molar-refractivity contribution in [3.05, 3.63) is 72.3 Å². The molecule has 30 heavy (non-hydrogen) atoms. The average molecular weight is 391 g/mol. The van der Waals surface area contributed by atoms with Gasteiger partial charge in [-0.15, -0.1) is 0 Å². The first-order valence-electron chi connectivity index (χ1n) is 10.6. The van der Waals surface area contributed by atoms with Crippen molar-refractivity contribution in [2.45, 2.75) is 19.3 Å². The van der Waals surface area contributed by atoms with Gasteiger partial charge < -0.3 is 4.90 Å². The summed E-state index contributed by atoms with van der Waals surface area (Å²) in [5.41, 5.74) is 4.08. The maximum absolute atomic E-state index is 13.0. The highest BCUT2D eigenvalue weighted by Gasteiger charge is 2.19. The number of carbonyl (C=O) groups excluding carboxylic acids is 1. The number of benzene rings is 4. The van der Waals surface area contributed by atoms with Crippen molar-refractivity contribution >= 4 is 49.5 Å². The largest absolute Gasteiger partial charge is 0.339 e. The SMILES string of the molecule is O=C(c1ccc2nc3c4ccccc4c4ccccc4c3nc2c1)N1CCCCC1. The van der Waals surface area contributed by atoms with Gasteiger partial charge in [0.15, 0.2) is 0 Å². The molecule has 4 aromatic carbocycles. The van der Waals surface area contributed by atoms with E-state index in [1.54, 1.807) is 0 Å². The molecule has 0 N–H and O–H groups in total. The third-order valence-electron chi connectivity index (χ3n) is 6.21. The molecule has 6 rings (SSSR count). The zero-order chi connectivity index (χ0) is 20.1. The molecule has 1 aliphatic rings. The van der Waals surface area contributed by atoms with Crippen LogP contribution in [0.5, 0.6) is 0 Å². The predicted octanol–water partition coefficient (Wildman–Crippen LogP) is 5.72. The minimum Gasteiger partial charge on any atom is -0.339 e. The fraction of sp³-hybridized carbons (Fsp3) is 0.192. The lowest BCUT2D eigenvalue weighted by molar-refractivity contribution is 0.0724. The van der Waals surface area contributed by atoms with E-state index in [4.69, 9.17) is 9.97 Å². The molecule has 1 saturated heterocycles. The van der Waals surface area contributed by atoms with Crippen LogP contribution in [-0.2, 0) is 0 Å². The van der Waals surface area contributed by atoms with E-state index in [0.29, 0.717) is 5.56 Å². The summed E-state index contributed by atoms with van der Waals surface area (Å²) in [6.07, 6.45) is 3.38. The first-order valence-corrected chi connectivity index (χ1v) is 10.6. The Balaban J connectivity index is 1.60. The van der Waals surface area contributed by atoms with E-state index in [1.807, 2.05) is 35.2 Å². The molecule has 0 radical (unpaired) electrons. The highest BCUT2D eigenvalue weighted by molar-refractivity contribution is 6.23. The third-order valence-corrected chi connectivity index (χ3v) is 6.21. The zero-order valence-corrected chi connectivity index (χ0v) is 16.6. The molecule has 0 spiro atoms. The molecule has 0 atom stereocenters. The zero-order valence-electron chi connectivity index (χ0n) is 16.6. The van der Waals surface area contributed by atoms with Crippen molar-refractivity contribution in [3.63, 3.8) is 0 Å². The monoisotopic (exact) mass is 391 g/mol. The summed E-state index contributed by atoms with van der Waals surface area (Å²) in [4.78, 5) is 24.9. The number of aromatic nitrogens is 2. The molecule has 0 unspecified atom stereocenters. The number of hydrogen-bond acceptors (Lipinski definition) is 3. The van der Waals surface area contributed by atoms with E-state index in [1.165, 1.54) is 17.2 Å². The molecule has 1 aromatic heterocycles. The van der Waals surface area contributed by atoms with Gasteiger partial charge in [-0.05, 0) is 48.2 Å². The van der Waals surface area contributed by atoms with Crippen LogP contribution in [0.4, 0.5) is 0 Å². The van der Waals surface area contributed by atoms with Crippen LogP contribution < -0.4 is 0 Å². The number of nitrogens with zero attached hydrogens (tertiary/aromatic N) is 3. The Hall–Kier alpha value is -3.53. The second-order valence-corrected chi connectivity index (χ2v) is 8.07. The molecule has 0 aliphatic carbocycles. The Morgan fingerprint density at radius 3 is 1.87 bits per heavy atom. The first kappa shape index (κ1) is 17.3. The number of likely N-dealkylation sites (tertiary alicyclic amines) is 1. The number of hydrogen-bond donors (Lipinski definition) is 0. The summed E-state index contributed by atoms with van der Waals surface area (Å²) in [7, 11) is 0. The van der Waals surface area contributed by atoms with Gasteiger partial charge in [0.2, 0.25) is 0 Å². The number of carbonyl (C=O) groups is 1. The van der Waals surface area contributed by atoms with E-state index < -0.39 is 0 Å². The average Bonchev–Trinajstić information content (AvgIpc) is 2.83. The Morgan fingerprint density at radius 1 is 0.667 bits per heavy atom. The van der Waals surface area contributed by atoms with Crippen molar-refractivity contribution in [1.29, 1.82) is 0 Å². The predicted molar refractivity (Wildman–Crippen MR) is 122 cm³/mol. The van der Waals surface area contributed by atoms with Crippen LogP contribution in [0.3, 0.4) is 0 Å². The topological polar surface area (TPSA) is 46.1 Å². The van der Waals surface area contributed by atoms with Gasteiger partial charge in [-0.1, -0.05) is 48.5 Å². The van der Waals surface area contributed by atoms with Gasteiger partial charge in [0, 0.05) is 29.4 Å². The molecule has 1 aliphatic heterocycles. The molecule has 4 heteroatoms. The Labute approximate surface area is 174 Å². The Bertz CT molecular complexity index is 1450. The first-order chi connectivity index (χ1) is 14.8. The normalized spacial score (nSPS) is 14.7. The maximum Gasteiger partial charge on any atom is 0.253 e. The molecular weight excluding hydrogens is 370 g/mol. The fourth-order valence-corrected chi connectivity index (χ4v) is 4.69. The van der Waals surface area contributed by atoms with Crippen LogP contribution in [0.2, 0.25) is 0 Å². The van der Waals surface area contributed by atoms with Gasteiger partial charge in [0.05, 0.1) is 22.1 Å². The van der Waals surface area contributed by atoms with Crippen LogP contribution in [0.25, 0.3) is 43.6 Å². The van der Waals surface area contributed by atoms with Gasteiger partial charge in [0.25, 0.3) is 5.91 Å². The minimum atomic E-state index is 0.0990.